The number of carbonyl (C=O) groups excluding carboxylic acids is 2. The van der Waals surface area contributed by atoms with Crippen LogP contribution in [0, 0.1) is 0 Å². The first-order chi connectivity index (χ1) is 19.8. The highest BCUT2D eigenvalue weighted by Crippen LogP contribution is 2.36. The van der Waals surface area contributed by atoms with Gasteiger partial charge in [0.1, 0.15) is 0 Å². The highest BCUT2D eigenvalue weighted by Gasteiger charge is 2.31. The Bertz CT molecular complexity index is 1590. The van der Waals surface area contributed by atoms with E-state index < -0.39 is 10.8 Å². The molecule has 0 unspecified atom stereocenters. The summed E-state index contributed by atoms with van der Waals surface area (Å²) in [5.41, 5.74) is 3.27. The van der Waals surface area contributed by atoms with E-state index in [-0.39, 0.29) is 18.4 Å². The number of carbonyl (C=O) groups is 2. The second-order valence-electron chi connectivity index (χ2n) is 10.3. The first-order valence-corrected chi connectivity index (χ1v) is 15.1. The van der Waals surface area contributed by atoms with Gasteiger partial charge in [-0.2, -0.15) is 0 Å². The Kier molecular flexibility index (Phi) is 8.98. The molecule has 5 rings (SSSR count). The van der Waals surface area contributed by atoms with Crippen LogP contribution >= 0.6 is 11.6 Å². The number of benzene rings is 4. The lowest BCUT2D eigenvalue weighted by Gasteiger charge is -2.26. The van der Waals surface area contributed by atoms with Gasteiger partial charge in [-0.3, -0.25) is 14.5 Å². The lowest BCUT2D eigenvalue weighted by atomic mass is 10.1. The Labute approximate surface area is 248 Å². The highest BCUT2D eigenvalue weighted by atomic mass is 35.5. The van der Waals surface area contributed by atoms with E-state index in [1.165, 1.54) is 5.56 Å². The van der Waals surface area contributed by atoms with Gasteiger partial charge in [0.15, 0.2) is 0 Å². The van der Waals surface area contributed by atoms with Gasteiger partial charge in [0.2, 0.25) is 0 Å². The molecular weight excluding hydrogens is 554 g/mol. The summed E-state index contributed by atoms with van der Waals surface area (Å²) in [5, 5.41) is 3.59. The first-order valence-electron chi connectivity index (χ1n) is 13.6. The summed E-state index contributed by atoms with van der Waals surface area (Å²) < 4.78 is 13.7. The van der Waals surface area contributed by atoms with E-state index in [1.807, 2.05) is 30.3 Å². The van der Waals surface area contributed by atoms with Gasteiger partial charge in [0.05, 0.1) is 38.4 Å². The van der Waals surface area contributed by atoms with Crippen LogP contribution in [0.1, 0.15) is 45.7 Å². The average molecular weight is 586 g/mol. The van der Waals surface area contributed by atoms with E-state index >= 15 is 0 Å². The lowest BCUT2D eigenvalue weighted by molar-refractivity contribution is 0.0941. The Morgan fingerprint density at radius 2 is 1.63 bits per heavy atom. The van der Waals surface area contributed by atoms with Crippen LogP contribution in [0.4, 0.5) is 5.69 Å². The maximum absolute atomic E-state index is 13.8. The molecule has 0 saturated heterocycles. The van der Waals surface area contributed by atoms with Crippen molar-refractivity contribution in [1.29, 1.82) is 0 Å². The van der Waals surface area contributed by atoms with Crippen molar-refractivity contribution in [2.24, 2.45) is 0 Å². The van der Waals surface area contributed by atoms with Gasteiger partial charge in [-0.1, -0.05) is 66.2 Å². The van der Waals surface area contributed by atoms with Crippen LogP contribution in [0.15, 0.2) is 107 Å². The fourth-order valence-electron chi connectivity index (χ4n) is 4.93. The molecule has 1 aliphatic rings. The molecule has 210 valence electrons. The molecule has 1 atom stereocenters. The van der Waals surface area contributed by atoms with Crippen LogP contribution in [-0.2, 0) is 23.9 Å². The largest absolute Gasteiger partial charge is 0.351 e. The van der Waals surface area contributed by atoms with Crippen molar-refractivity contribution in [3.05, 3.63) is 124 Å². The summed E-state index contributed by atoms with van der Waals surface area (Å²) >= 11 is 6.23. The number of halogens is 1. The molecule has 1 heterocycles. The van der Waals surface area contributed by atoms with E-state index in [4.69, 9.17) is 11.6 Å². The van der Waals surface area contributed by atoms with E-state index in [1.54, 1.807) is 59.5 Å². The molecule has 4 aromatic carbocycles. The maximum atomic E-state index is 13.8. The molecule has 6 nitrogen and oxygen atoms in total. The Morgan fingerprint density at radius 3 is 2.39 bits per heavy atom. The lowest BCUT2D eigenvalue weighted by Crippen LogP contribution is -2.38. The smallest absolute Gasteiger partial charge is 0.259 e. The molecule has 0 aliphatic carbocycles. The molecule has 0 spiro atoms. The summed E-state index contributed by atoms with van der Waals surface area (Å²) in [6.07, 6.45) is 0. The van der Waals surface area contributed by atoms with E-state index in [0.717, 1.165) is 12.1 Å². The van der Waals surface area contributed by atoms with E-state index in [0.29, 0.717) is 50.8 Å². The molecule has 0 aromatic heterocycles. The topological polar surface area (TPSA) is 69.7 Å². The second kappa shape index (κ2) is 12.8. The predicted octanol–water partition coefficient (Wildman–Crippen LogP) is 6.31. The normalized spacial score (nSPS) is 14.5. The van der Waals surface area contributed by atoms with Crippen LogP contribution in [0.2, 0.25) is 5.02 Å². The number of hydrogen-bond acceptors (Lipinski definition) is 4. The van der Waals surface area contributed by atoms with Gasteiger partial charge in [0, 0.05) is 36.3 Å². The summed E-state index contributed by atoms with van der Waals surface area (Å²) in [6.45, 7) is 6.43. The minimum Gasteiger partial charge on any atom is -0.351 e. The molecule has 8 heteroatoms. The molecule has 41 heavy (non-hydrogen) atoms. The molecule has 0 fully saturated rings. The Morgan fingerprint density at radius 1 is 0.902 bits per heavy atom. The van der Waals surface area contributed by atoms with Gasteiger partial charge in [-0.15, -0.1) is 0 Å². The maximum Gasteiger partial charge on any atom is 0.259 e. The molecule has 4 aromatic rings. The van der Waals surface area contributed by atoms with E-state index in [2.05, 4.69) is 36.2 Å². The third-order valence-electron chi connectivity index (χ3n) is 7.15. The summed E-state index contributed by atoms with van der Waals surface area (Å²) in [7, 11) is -1.60. The average Bonchev–Trinajstić information content (AvgIpc) is 3.06. The van der Waals surface area contributed by atoms with Crippen LogP contribution in [0.5, 0.6) is 0 Å². The van der Waals surface area contributed by atoms with Crippen LogP contribution in [0.25, 0.3) is 0 Å². The molecule has 2 amide bonds. The molecule has 0 saturated carbocycles. The molecule has 1 N–H and O–H groups in total. The van der Waals surface area contributed by atoms with Crippen LogP contribution in [0.3, 0.4) is 0 Å². The molecule has 0 radical (unpaired) electrons. The fourth-order valence-corrected chi connectivity index (χ4v) is 6.49. The van der Waals surface area contributed by atoms with Crippen molar-refractivity contribution in [2.45, 2.75) is 42.8 Å². The predicted molar refractivity (Wildman–Crippen MR) is 164 cm³/mol. The number of nitrogens with one attached hydrogen (secondary N) is 1. The number of rotatable bonds is 9. The number of amides is 2. The number of anilines is 1. The van der Waals surface area contributed by atoms with Gasteiger partial charge >= 0.3 is 0 Å². The summed E-state index contributed by atoms with van der Waals surface area (Å²) in [6, 6.07) is 29.8. The Balaban J connectivity index is 1.40. The van der Waals surface area contributed by atoms with Crippen molar-refractivity contribution in [1.82, 2.24) is 10.2 Å². The number of nitrogens with zero attached hydrogens (tertiary/aromatic N) is 2. The van der Waals surface area contributed by atoms with Gasteiger partial charge in [0.25, 0.3) is 11.8 Å². The summed E-state index contributed by atoms with van der Waals surface area (Å²) in [4.78, 5) is 31.9. The van der Waals surface area contributed by atoms with Crippen molar-refractivity contribution >= 4 is 39.9 Å². The quantitative estimate of drug-likeness (QED) is 0.250. The molecule has 0 bridgehead atoms. The zero-order valence-corrected chi connectivity index (χ0v) is 24.6. The van der Waals surface area contributed by atoms with E-state index in [9.17, 15) is 13.8 Å². The fraction of sp³-hybridized carbons (Fsp3) is 0.212. The minimum atomic E-state index is -1.60. The zero-order chi connectivity index (χ0) is 28.9. The van der Waals surface area contributed by atoms with Crippen molar-refractivity contribution in [2.75, 3.05) is 18.0 Å². The van der Waals surface area contributed by atoms with Gasteiger partial charge in [-0.25, -0.2) is 4.21 Å². The number of fused-ring (bicyclic) bond motifs is 2. The summed E-state index contributed by atoms with van der Waals surface area (Å²) in [5.74, 6) is -0.530. The van der Waals surface area contributed by atoms with Crippen molar-refractivity contribution < 1.29 is 13.8 Å². The van der Waals surface area contributed by atoms with Crippen molar-refractivity contribution in [3.8, 4) is 0 Å². The zero-order valence-electron chi connectivity index (χ0n) is 23.0. The van der Waals surface area contributed by atoms with Crippen LogP contribution < -0.4 is 10.2 Å². The minimum absolute atomic E-state index is 0.214. The van der Waals surface area contributed by atoms with Gasteiger partial charge in [-0.05, 0) is 67.4 Å². The third kappa shape index (κ3) is 6.59. The van der Waals surface area contributed by atoms with Crippen molar-refractivity contribution in [3.63, 3.8) is 0 Å². The van der Waals surface area contributed by atoms with Gasteiger partial charge < -0.3 is 10.2 Å². The number of hydrogen-bond donors (Lipinski definition) is 1. The third-order valence-corrected chi connectivity index (χ3v) is 8.88. The SMILES string of the molecule is CC(C)N(CCNC(=O)c1ccc2c(c1)N(Cc1cccc(Cl)c1)C(=O)c1ccccc1[S@]2=O)Cc1ccccc1. The highest BCUT2D eigenvalue weighted by molar-refractivity contribution is 7.85. The Hall–Kier alpha value is -3.78. The first kappa shape index (κ1) is 28.7. The van der Waals surface area contributed by atoms with Crippen LogP contribution in [-0.4, -0.2) is 40.1 Å². The standard InChI is InChI=1S/C33H32ClN3O3S/c1-23(2)36(21-24-9-4-3-5-10-24)18-17-35-32(38)26-15-16-31-29(20-26)37(22-25-11-8-12-27(34)19-25)33(39)28-13-6-7-14-30(28)41(31)40/h3-16,19-20,23H,17-18,21-22H2,1-2H3,(H,35,38)/t41-/m1/s1. The monoisotopic (exact) mass is 585 g/mol. The molecular formula is C33H32ClN3O3S. The second-order valence-corrected chi connectivity index (χ2v) is 12.1. The molecule has 1 aliphatic heterocycles.